The molecular weight excluding hydrogens is 332 g/mol. The Kier molecular flexibility index (Phi) is 4.25. The monoisotopic (exact) mass is 356 g/mol. The Morgan fingerprint density at radius 2 is 1.63 bits per heavy atom. The fraction of sp³-hybridized carbons (Fsp3) is 0.333. The normalized spacial score (nSPS) is 25.0. The van der Waals surface area contributed by atoms with Crippen LogP contribution in [0.25, 0.3) is 10.9 Å². The van der Waals surface area contributed by atoms with Crippen LogP contribution >= 0.6 is 0 Å². The lowest BCUT2D eigenvalue weighted by Crippen LogP contribution is -2.44. The van der Waals surface area contributed by atoms with Gasteiger partial charge in [-0.1, -0.05) is 48.5 Å². The van der Waals surface area contributed by atoms with Crippen molar-refractivity contribution in [2.75, 3.05) is 0 Å². The third kappa shape index (κ3) is 3.06. The number of hydrogen-bond acceptors (Lipinski definition) is 3. The summed E-state index contributed by atoms with van der Waals surface area (Å²) in [6.07, 6.45) is 6.18. The number of pyridine rings is 1. The highest BCUT2D eigenvalue weighted by molar-refractivity contribution is 6.08. The SMILES string of the molecule is O=C(c1ccnc2ccccc12)C1CC2CCC(C1)N2Cc1ccccc1. The van der Waals surface area contributed by atoms with Crippen LogP contribution in [0.15, 0.2) is 66.9 Å². The Bertz CT molecular complexity index is 949. The summed E-state index contributed by atoms with van der Waals surface area (Å²) in [7, 11) is 0. The minimum absolute atomic E-state index is 0.139. The van der Waals surface area contributed by atoms with Gasteiger partial charge in [0.15, 0.2) is 5.78 Å². The van der Waals surface area contributed by atoms with Gasteiger partial charge in [0.25, 0.3) is 0 Å². The topological polar surface area (TPSA) is 33.2 Å². The van der Waals surface area contributed by atoms with Gasteiger partial charge in [-0.2, -0.15) is 0 Å². The molecule has 2 fully saturated rings. The number of nitrogens with zero attached hydrogens (tertiary/aromatic N) is 2. The zero-order valence-electron chi connectivity index (χ0n) is 15.4. The molecule has 1 aromatic heterocycles. The van der Waals surface area contributed by atoms with E-state index in [-0.39, 0.29) is 5.92 Å². The van der Waals surface area contributed by atoms with Crippen molar-refractivity contribution in [1.82, 2.24) is 9.88 Å². The number of hydrogen-bond donors (Lipinski definition) is 0. The summed E-state index contributed by atoms with van der Waals surface area (Å²) in [5, 5.41) is 0.990. The predicted molar refractivity (Wildman–Crippen MR) is 108 cm³/mol. The summed E-state index contributed by atoms with van der Waals surface area (Å²) in [6.45, 7) is 1.01. The van der Waals surface area contributed by atoms with Gasteiger partial charge in [0, 0.05) is 41.7 Å². The fourth-order valence-corrected chi connectivity index (χ4v) is 5.07. The van der Waals surface area contributed by atoms with Crippen molar-refractivity contribution in [2.24, 2.45) is 5.92 Å². The van der Waals surface area contributed by atoms with E-state index in [1.165, 1.54) is 18.4 Å². The van der Waals surface area contributed by atoms with E-state index in [1.807, 2.05) is 30.3 Å². The number of carbonyl (C=O) groups excluding carboxylic acids is 1. The van der Waals surface area contributed by atoms with E-state index in [0.717, 1.165) is 35.9 Å². The largest absolute Gasteiger partial charge is 0.294 e. The Hall–Kier alpha value is -2.52. The lowest BCUT2D eigenvalue weighted by atomic mass is 9.84. The summed E-state index contributed by atoms with van der Waals surface area (Å²) < 4.78 is 0. The minimum Gasteiger partial charge on any atom is -0.294 e. The molecule has 2 atom stereocenters. The molecule has 136 valence electrons. The zero-order valence-corrected chi connectivity index (χ0v) is 15.4. The fourth-order valence-electron chi connectivity index (χ4n) is 5.07. The highest BCUT2D eigenvalue weighted by atomic mass is 16.1. The quantitative estimate of drug-likeness (QED) is 0.626. The van der Waals surface area contributed by atoms with Crippen molar-refractivity contribution in [3.8, 4) is 0 Å². The van der Waals surface area contributed by atoms with Crippen LogP contribution in [0.3, 0.4) is 0 Å². The van der Waals surface area contributed by atoms with Crippen LogP contribution in [0.1, 0.15) is 41.6 Å². The third-order valence-corrected chi connectivity index (χ3v) is 6.38. The van der Waals surface area contributed by atoms with Crippen molar-refractivity contribution in [1.29, 1.82) is 0 Å². The third-order valence-electron chi connectivity index (χ3n) is 6.38. The molecule has 0 N–H and O–H groups in total. The van der Waals surface area contributed by atoms with Crippen LogP contribution in [0.2, 0.25) is 0 Å². The number of carbonyl (C=O) groups is 1. The van der Waals surface area contributed by atoms with Crippen molar-refractivity contribution in [2.45, 2.75) is 44.3 Å². The van der Waals surface area contributed by atoms with Crippen LogP contribution in [0.4, 0.5) is 0 Å². The Morgan fingerprint density at radius 3 is 2.41 bits per heavy atom. The van der Waals surface area contributed by atoms with E-state index in [4.69, 9.17) is 0 Å². The molecular formula is C24H24N2O. The first kappa shape index (κ1) is 16.6. The van der Waals surface area contributed by atoms with E-state index in [9.17, 15) is 4.79 Å². The molecule has 27 heavy (non-hydrogen) atoms. The number of para-hydroxylation sites is 1. The molecule has 3 aromatic rings. The molecule has 2 bridgehead atoms. The summed E-state index contributed by atoms with van der Waals surface area (Å²) in [5.41, 5.74) is 3.13. The second-order valence-electron chi connectivity index (χ2n) is 7.95. The highest BCUT2D eigenvalue weighted by Gasteiger charge is 2.42. The maximum atomic E-state index is 13.4. The molecule has 0 amide bonds. The average Bonchev–Trinajstić information content (AvgIpc) is 2.95. The molecule has 2 aromatic carbocycles. The predicted octanol–water partition coefficient (Wildman–Crippen LogP) is 4.86. The summed E-state index contributed by atoms with van der Waals surface area (Å²) in [4.78, 5) is 20.4. The number of rotatable bonds is 4. The first-order valence-electron chi connectivity index (χ1n) is 9.97. The second kappa shape index (κ2) is 6.90. The van der Waals surface area contributed by atoms with Crippen molar-refractivity contribution in [3.05, 3.63) is 78.0 Å². The van der Waals surface area contributed by atoms with Crippen LogP contribution in [0, 0.1) is 5.92 Å². The van der Waals surface area contributed by atoms with Crippen molar-refractivity contribution in [3.63, 3.8) is 0 Å². The first-order chi connectivity index (χ1) is 13.3. The van der Waals surface area contributed by atoms with Gasteiger partial charge in [-0.3, -0.25) is 14.7 Å². The summed E-state index contributed by atoms with van der Waals surface area (Å²) >= 11 is 0. The molecule has 5 rings (SSSR count). The van der Waals surface area contributed by atoms with Gasteiger partial charge < -0.3 is 0 Å². The smallest absolute Gasteiger partial charge is 0.166 e. The molecule has 0 radical (unpaired) electrons. The molecule has 0 spiro atoms. The molecule has 3 heterocycles. The molecule has 2 aliphatic heterocycles. The van der Waals surface area contributed by atoms with E-state index in [2.05, 4.69) is 40.2 Å². The van der Waals surface area contributed by atoms with E-state index in [0.29, 0.717) is 17.9 Å². The van der Waals surface area contributed by atoms with Crippen LogP contribution in [0.5, 0.6) is 0 Å². The lowest BCUT2D eigenvalue weighted by molar-refractivity contribution is 0.0679. The van der Waals surface area contributed by atoms with Gasteiger partial charge in [-0.05, 0) is 43.4 Å². The average molecular weight is 356 g/mol. The van der Waals surface area contributed by atoms with Gasteiger partial charge >= 0.3 is 0 Å². The molecule has 0 aliphatic carbocycles. The Morgan fingerprint density at radius 1 is 0.926 bits per heavy atom. The Labute approximate surface area is 160 Å². The van der Waals surface area contributed by atoms with Crippen LogP contribution in [-0.4, -0.2) is 27.8 Å². The second-order valence-corrected chi connectivity index (χ2v) is 7.95. The molecule has 3 heteroatoms. The number of benzene rings is 2. The molecule has 2 unspecified atom stereocenters. The van der Waals surface area contributed by atoms with Gasteiger partial charge in [0.2, 0.25) is 0 Å². The van der Waals surface area contributed by atoms with Gasteiger partial charge in [0.1, 0.15) is 0 Å². The van der Waals surface area contributed by atoms with Crippen LogP contribution < -0.4 is 0 Å². The zero-order chi connectivity index (χ0) is 18.2. The number of aromatic nitrogens is 1. The van der Waals surface area contributed by atoms with Crippen molar-refractivity contribution < 1.29 is 4.79 Å². The van der Waals surface area contributed by atoms with E-state index >= 15 is 0 Å². The number of Topliss-reactive ketones (excluding diaryl/α,β-unsaturated/α-hetero) is 1. The maximum absolute atomic E-state index is 13.4. The first-order valence-corrected chi connectivity index (χ1v) is 9.97. The summed E-state index contributed by atoms with van der Waals surface area (Å²) in [5.74, 6) is 0.449. The maximum Gasteiger partial charge on any atom is 0.166 e. The summed E-state index contributed by atoms with van der Waals surface area (Å²) in [6, 6.07) is 21.7. The number of fused-ring (bicyclic) bond motifs is 3. The number of ketones is 1. The van der Waals surface area contributed by atoms with Gasteiger partial charge in [-0.15, -0.1) is 0 Å². The van der Waals surface area contributed by atoms with Gasteiger partial charge in [-0.25, -0.2) is 0 Å². The molecule has 3 nitrogen and oxygen atoms in total. The van der Waals surface area contributed by atoms with Gasteiger partial charge in [0.05, 0.1) is 5.52 Å². The van der Waals surface area contributed by atoms with E-state index < -0.39 is 0 Å². The van der Waals surface area contributed by atoms with E-state index in [1.54, 1.807) is 6.20 Å². The van der Waals surface area contributed by atoms with Crippen LogP contribution in [-0.2, 0) is 6.54 Å². The molecule has 2 saturated heterocycles. The molecule has 0 saturated carbocycles. The van der Waals surface area contributed by atoms with Crippen molar-refractivity contribution >= 4 is 16.7 Å². The number of piperidine rings is 1. The minimum atomic E-state index is 0.139. The molecule has 2 aliphatic rings. The highest BCUT2D eigenvalue weighted by Crippen LogP contribution is 2.41. The Balaban J connectivity index is 1.37. The lowest BCUT2D eigenvalue weighted by Gasteiger charge is -2.38. The standard InChI is InChI=1S/C24H24N2O/c27-24(22-12-13-25-23-9-5-4-8-21(22)23)18-14-19-10-11-20(15-18)26(19)16-17-6-2-1-3-7-17/h1-9,12-13,18-20H,10-11,14-16H2.